The summed E-state index contributed by atoms with van der Waals surface area (Å²) in [6.45, 7) is -0.726. The largest absolute Gasteiger partial charge is 0.403 e. The minimum Gasteiger partial charge on any atom is -0.387 e. The zero-order valence-electron chi connectivity index (χ0n) is 14.7. The van der Waals surface area contributed by atoms with E-state index >= 15 is 0 Å². The number of H-pyrrole nitrogens is 1. The van der Waals surface area contributed by atoms with Gasteiger partial charge in [0.2, 0.25) is 5.95 Å². The van der Waals surface area contributed by atoms with Crippen LogP contribution in [0.5, 0.6) is 0 Å². The first-order valence-corrected chi connectivity index (χ1v) is 9.78. The highest BCUT2D eigenvalue weighted by Crippen LogP contribution is 2.39. The summed E-state index contributed by atoms with van der Waals surface area (Å²) in [6, 6.07) is 0. The molecule has 1 aliphatic rings. The molecule has 0 radical (unpaired) electrons. The second-order valence-corrected chi connectivity index (χ2v) is 7.62. The zero-order valence-corrected chi connectivity index (χ0v) is 15.6. The van der Waals surface area contributed by atoms with Crippen molar-refractivity contribution in [2.24, 2.45) is 5.11 Å². The zero-order chi connectivity index (χ0) is 21.2. The molecular formula is C12H18N9O7P. The molecule has 0 amide bonds. The van der Waals surface area contributed by atoms with E-state index in [2.05, 4.69) is 30.1 Å². The minimum absolute atomic E-state index is 0.0246. The lowest BCUT2D eigenvalue weighted by Crippen LogP contribution is -2.34. The molecular weight excluding hydrogens is 413 g/mol. The summed E-state index contributed by atoms with van der Waals surface area (Å²) in [4.78, 5) is 34.2. The van der Waals surface area contributed by atoms with Crippen molar-refractivity contribution in [3.05, 3.63) is 27.1 Å². The molecule has 5 atom stereocenters. The van der Waals surface area contributed by atoms with Crippen molar-refractivity contribution >= 4 is 24.9 Å². The third-order valence-electron chi connectivity index (χ3n) is 4.06. The molecule has 16 nitrogen and oxygen atoms in total. The van der Waals surface area contributed by atoms with Gasteiger partial charge < -0.3 is 25.6 Å². The topological polar surface area (TPSA) is 247 Å². The van der Waals surface area contributed by atoms with Crippen LogP contribution >= 0.6 is 7.75 Å². The molecule has 3 rings (SSSR count). The summed E-state index contributed by atoms with van der Waals surface area (Å²) < 4.78 is 23.5. The predicted molar refractivity (Wildman–Crippen MR) is 96.3 cm³/mol. The van der Waals surface area contributed by atoms with Gasteiger partial charge in [0.1, 0.15) is 18.3 Å². The highest BCUT2D eigenvalue weighted by atomic mass is 31.2. The Labute approximate surface area is 161 Å². The van der Waals surface area contributed by atoms with Crippen LogP contribution in [0.1, 0.15) is 6.23 Å². The Bertz CT molecular complexity index is 1030. The molecule has 158 valence electrons. The molecule has 0 aromatic carbocycles. The van der Waals surface area contributed by atoms with Crippen LogP contribution < -0.4 is 16.4 Å². The van der Waals surface area contributed by atoms with Crippen LogP contribution in [0.15, 0.2) is 16.2 Å². The van der Waals surface area contributed by atoms with Gasteiger partial charge in [0.15, 0.2) is 17.4 Å². The molecule has 1 fully saturated rings. The van der Waals surface area contributed by atoms with Gasteiger partial charge in [-0.2, -0.15) is 4.98 Å². The van der Waals surface area contributed by atoms with Crippen molar-refractivity contribution in [1.82, 2.24) is 24.6 Å². The van der Waals surface area contributed by atoms with Crippen molar-refractivity contribution in [1.29, 1.82) is 0 Å². The summed E-state index contributed by atoms with van der Waals surface area (Å²) in [6.07, 6.45) is -4.14. The highest BCUT2D eigenvalue weighted by Gasteiger charge is 2.45. The number of ether oxygens (including phenoxy) is 1. The van der Waals surface area contributed by atoms with E-state index in [0.29, 0.717) is 0 Å². The number of anilines is 1. The fraction of sp³-hybridized carbons (Fsp3) is 0.583. The molecule has 0 saturated carbocycles. The fourth-order valence-corrected chi connectivity index (χ4v) is 3.55. The first-order chi connectivity index (χ1) is 13.7. The molecule has 3 heterocycles. The van der Waals surface area contributed by atoms with Crippen molar-refractivity contribution in [2.45, 2.75) is 24.5 Å². The number of aromatic amines is 1. The summed E-state index contributed by atoms with van der Waals surface area (Å²) in [5.74, 6) is -0.176. The third-order valence-corrected chi connectivity index (χ3v) is 5.18. The van der Waals surface area contributed by atoms with E-state index in [4.69, 9.17) is 20.5 Å². The summed E-state index contributed by atoms with van der Waals surface area (Å²) in [7, 11) is -4.26. The lowest BCUT2D eigenvalue weighted by atomic mass is 10.1. The average molecular weight is 431 g/mol. The molecule has 2 aromatic heterocycles. The summed E-state index contributed by atoms with van der Waals surface area (Å²) in [5.41, 5.74) is 13.1. The molecule has 1 saturated heterocycles. The van der Waals surface area contributed by atoms with E-state index in [1.54, 1.807) is 0 Å². The molecule has 0 aliphatic carbocycles. The fourth-order valence-electron chi connectivity index (χ4n) is 2.73. The maximum absolute atomic E-state index is 11.9. The molecule has 0 spiro atoms. The van der Waals surface area contributed by atoms with Crippen LogP contribution in [0.4, 0.5) is 5.95 Å². The first kappa shape index (κ1) is 21.2. The van der Waals surface area contributed by atoms with Gasteiger partial charge >= 0.3 is 7.75 Å². The molecule has 2 aromatic rings. The van der Waals surface area contributed by atoms with E-state index in [1.165, 1.54) is 10.9 Å². The second kappa shape index (κ2) is 8.44. The van der Waals surface area contributed by atoms with E-state index in [9.17, 15) is 24.5 Å². The Morgan fingerprint density at radius 3 is 3.00 bits per heavy atom. The standard InChI is InChI=1S/C12H18N9O7P/c13-12-18-9-6(10(24)19-12)15-4-21(9)11-8(23)7(22)5(28-11)3-27-29(25,26)17-2-1-16-20-14/h4-5,7-8,11,22-23H,1-3H2,(H2,17,25,26)(H3,13,18,19,24)/t5-,7?,8?,11-/m1/s1. The number of aromatic nitrogens is 4. The molecule has 1 aliphatic heterocycles. The number of nitrogens with zero attached hydrogens (tertiary/aromatic N) is 6. The Kier molecular flexibility index (Phi) is 6.16. The Balaban J connectivity index is 1.70. The Hall–Kier alpha value is -2.55. The number of azide groups is 1. The monoisotopic (exact) mass is 431 g/mol. The molecule has 17 heteroatoms. The normalized spacial score (nSPS) is 26.3. The quantitative estimate of drug-likeness (QED) is 0.0907. The predicted octanol–water partition coefficient (Wildman–Crippen LogP) is -1.66. The number of fused-ring (bicyclic) bond motifs is 1. The summed E-state index contributed by atoms with van der Waals surface area (Å²) in [5, 5.41) is 25.9. The lowest BCUT2D eigenvalue weighted by Gasteiger charge is -2.18. The van der Waals surface area contributed by atoms with E-state index in [1.807, 2.05) is 0 Å². The molecule has 7 N–H and O–H groups in total. The molecule has 3 unspecified atom stereocenters. The Morgan fingerprint density at radius 1 is 1.52 bits per heavy atom. The number of aliphatic hydroxyl groups excluding tert-OH is 2. The molecule has 29 heavy (non-hydrogen) atoms. The average Bonchev–Trinajstić information content (AvgIpc) is 3.19. The van der Waals surface area contributed by atoms with Crippen molar-refractivity contribution in [3.8, 4) is 0 Å². The van der Waals surface area contributed by atoms with Crippen molar-refractivity contribution < 1.29 is 28.9 Å². The van der Waals surface area contributed by atoms with Crippen LogP contribution in [-0.4, -0.2) is 72.6 Å². The van der Waals surface area contributed by atoms with Crippen LogP contribution in [0, 0.1) is 0 Å². The van der Waals surface area contributed by atoms with Crippen LogP contribution in [0.2, 0.25) is 0 Å². The number of nitrogens with two attached hydrogens (primary N) is 1. The molecule has 0 bridgehead atoms. The van der Waals surface area contributed by atoms with E-state index < -0.39 is 44.5 Å². The Morgan fingerprint density at radius 2 is 2.28 bits per heavy atom. The van der Waals surface area contributed by atoms with E-state index in [-0.39, 0.29) is 30.2 Å². The number of nitrogens with one attached hydrogen (secondary N) is 2. The van der Waals surface area contributed by atoms with Gasteiger partial charge in [-0.15, -0.1) is 0 Å². The van der Waals surface area contributed by atoms with Gasteiger partial charge in [-0.25, -0.2) is 14.6 Å². The second-order valence-electron chi connectivity index (χ2n) is 6.00. The number of hydrogen-bond acceptors (Lipinski definition) is 10. The van der Waals surface area contributed by atoms with Crippen LogP contribution in [0.25, 0.3) is 21.6 Å². The number of imidazole rings is 1. The SMILES string of the molecule is [N-]=[N+]=NCCNP(=O)(O)OC[C@H]1O[C@@H](n2cnc3c(=O)[nH]c(N)nc32)C(O)C1O. The van der Waals surface area contributed by atoms with Gasteiger partial charge in [0.05, 0.1) is 12.9 Å². The number of rotatable bonds is 8. The third kappa shape index (κ3) is 4.55. The smallest absolute Gasteiger partial charge is 0.387 e. The van der Waals surface area contributed by atoms with Crippen molar-refractivity contribution in [2.75, 3.05) is 25.4 Å². The number of aliphatic hydroxyl groups is 2. The first-order valence-electron chi connectivity index (χ1n) is 8.21. The number of nitrogen functional groups attached to an aromatic ring is 1. The maximum Gasteiger partial charge on any atom is 0.403 e. The lowest BCUT2D eigenvalue weighted by molar-refractivity contribution is -0.0487. The summed E-state index contributed by atoms with van der Waals surface area (Å²) >= 11 is 0. The van der Waals surface area contributed by atoms with Gasteiger partial charge in [0, 0.05) is 18.0 Å². The highest BCUT2D eigenvalue weighted by molar-refractivity contribution is 7.50. The van der Waals surface area contributed by atoms with Crippen LogP contribution in [0.3, 0.4) is 0 Å². The maximum atomic E-state index is 11.9. The van der Waals surface area contributed by atoms with E-state index in [0.717, 1.165) is 0 Å². The number of hydrogen-bond donors (Lipinski definition) is 6. The van der Waals surface area contributed by atoms with Crippen LogP contribution in [-0.2, 0) is 13.8 Å². The van der Waals surface area contributed by atoms with Crippen molar-refractivity contribution in [3.63, 3.8) is 0 Å². The van der Waals surface area contributed by atoms with Gasteiger partial charge in [-0.1, -0.05) is 5.11 Å². The van der Waals surface area contributed by atoms with Gasteiger partial charge in [0.25, 0.3) is 5.56 Å². The van der Waals surface area contributed by atoms with Gasteiger partial charge in [-0.3, -0.25) is 18.9 Å². The van der Waals surface area contributed by atoms with Gasteiger partial charge in [-0.05, 0) is 5.53 Å². The minimum atomic E-state index is -4.26.